The van der Waals surface area contributed by atoms with Gasteiger partial charge < -0.3 is 10.2 Å². The van der Waals surface area contributed by atoms with E-state index in [1.165, 1.54) is 0 Å². The van der Waals surface area contributed by atoms with E-state index in [9.17, 15) is 14.8 Å². The van der Waals surface area contributed by atoms with Gasteiger partial charge in [-0.3, -0.25) is 19.7 Å². The number of halogens is 2. The van der Waals surface area contributed by atoms with Gasteiger partial charge in [-0.15, -0.1) is 0 Å². The Hall–Kier alpha value is -2.04. The maximum absolute atomic E-state index is 15.3. The van der Waals surface area contributed by atoms with Crippen LogP contribution in [0.1, 0.15) is 44.2 Å². The van der Waals surface area contributed by atoms with Crippen LogP contribution in [0.2, 0.25) is 5.28 Å². The Morgan fingerprint density at radius 1 is 1.34 bits per heavy atom. The summed E-state index contributed by atoms with van der Waals surface area (Å²) >= 11 is 6.09. The first-order valence-electron chi connectivity index (χ1n) is 11.2. The zero-order valence-corrected chi connectivity index (χ0v) is 19.0. The predicted octanol–water partition coefficient (Wildman–Crippen LogP) is 1.82. The van der Waals surface area contributed by atoms with Crippen molar-refractivity contribution in [3.63, 3.8) is 0 Å². The Balaban J connectivity index is 1.44. The number of amides is 2. The summed E-state index contributed by atoms with van der Waals surface area (Å²) in [5.41, 5.74) is 0.0281. The second-order valence-corrected chi connectivity index (χ2v) is 9.58. The summed E-state index contributed by atoms with van der Waals surface area (Å²) in [5.74, 6) is -0.951. The van der Waals surface area contributed by atoms with Crippen LogP contribution in [0.4, 0.5) is 10.2 Å². The first kappa shape index (κ1) is 23.1. The molecule has 3 aliphatic rings. The molecular formula is C21H30ClFN6O3. The van der Waals surface area contributed by atoms with Gasteiger partial charge in [0, 0.05) is 25.2 Å². The average molecular weight is 469 g/mol. The molecule has 4 rings (SSSR count). The fourth-order valence-electron chi connectivity index (χ4n) is 5.38. The molecule has 3 heterocycles. The number of carbonyl (C=O) groups is 2. The molecule has 176 valence electrons. The minimum absolute atomic E-state index is 0.0281. The zero-order chi connectivity index (χ0) is 22.8. The predicted molar refractivity (Wildman–Crippen MR) is 116 cm³/mol. The molecule has 9 nitrogen and oxygen atoms in total. The number of likely N-dealkylation sites (tertiary alicyclic amines) is 1. The van der Waals surface area contributed by atoms with E-state index in [2.05, 4.69) is 27.2 Å². The van der Waals surface area contributed by atoms with Gasteiger partial charge in [-0.1, -0.05) is 25.7 Å². The van der Waals surface area contributed by atoms with Crippen molar-refractivity contribution in [1.82, 2.24) is 25.2 Å². The molecule has 32 heavy (non-hydrogen) atoms. The van der Waals surface area contributed by atoms with Gasteiger partial charge in [-0.25, -0.2) is 14.4 Å². The number of hydrogen-bond acceptors (Lipinski definition) is 7. The van der Waals surface area contributed by atoms with Gasteiger partial charge in [0.05, 0.1) is 19.0 Å². The van der Waals surface area contributed by atoms with E-state index in [4.69, 9.17) is 11.6 Å². The quantitative estimate of drug-likeness (QED) is 0.247. The molecule has 2 saturated heterocycles. The highest BCUT2D eigenvalue weighted by atomic mass is 35.5. The molecule has 2 bridgehead atoms. The molecule has 11 heteroatoms. The van der Waals surface area contributed by atoms with Crippen molar-refractivity contribution in [3.8, 4) is 0 Å². The van der Waals surface area contributed by atoms with Gasteiger partial charge in [0.2, 0.25) is 17.6 Å². The number of nitrogens with one attached hydrogen (secondary N) is 1. The lowest BCUT2D eigenvalue weighted by Gasteiger charge is -2.33. The van der Waals surface area contributed by atoms with E-state index in [1.54, 1.807) is 0 Å². The summed E-state index contributed by atoms with van der Waals surface area (Å²) in [6.07, 6.45) is 6.12. The fraction of sp³-hybridized carbons (Fsp3) is 0.714. The van der Waals surface area contributed by atoms with Gasteiger partial charge in [0.1, 0.15) is 5.69 Å². The van der Waals surface area contributed by atoms with Crippen LogP contribution in [-0.2, 0) is 16.1 Å². The Morgan fingerprint density at radius 3 is 2.72 bits per heavy atom. The van der Waals surface area contributed by atoms with Crippen molar-refractivity contribution < 1.29 is 19.2 Å². The van der Waals surface area contributed by atoms with Crippen LogP contribution in [0.5, 0.6) is 0 Å². The van der Waals surface area contributed by atoms with E-state index in [1.807, 2.05) is 4.90 Å². The molecule has 1 aromatic heterocycles. The number of nitrogens with zero attached hydrogens (tertiary/aromatic N) is 5. The highest BCUT2D eigenvalue weighted by Crippen LogP contribution is 2.35. The van der Waals surface area contributed by atoms with Gasteiger partial charge in [-0.05, 0) is 37.4 Å². The van der Waals surface area contributed by atoms with E-state index >= 15 is 4.39 Å². The maximum atomic E-state index is 15.3. The van der Waals surface area contributed by atoms with Crippen LogP contribution in [0.3, 0.4) is 0 Å². The third-order valence-electron chi connectivity index (χ3n) is 7.08. The van der Waals surface area contributed by atoms with Crippen LogP contribution >= 0.6 is 11.6 Å². The Bertz CT molecular complexity index is 853. The molecule has 3 atom stereocenters. The van der Waals surface area contributed by atoms with Gasteiger partial charge >= 0.3 is 0 Å². The topological polar surface area (TPSA) is 102 Å². The van der Waals surface area contributed by atoms with E-state index in [0.29, 0.717) is 30.0 Å². The van der Waals surface area contributed by atoms with Crippen LogP contribution < -0.4 is 10.2 Å². The molecular weight excluding hydrogens is 439 g/mol. The number of aromatic nitrogens is 2. The zero-order valence-electron chi connectivity index (χ0n) is 18.2. The molecule has 0 spiro atoms. The molecule has 1 aliphatic carbocycles. The van der Waals surface area contributed by atoms with Gasteiger partial charge in [0.25, 0.3) is 0 Å². The largest absolute Gasteiger partial charge is 0.350 e. The first-order chi connectivity index (χ1) is 15.4. The van der Waals surface area contributed by atoms with Gasteiger partial charge in [-0.2, -0.15) is 4.98 Å². The average Bonchev–Trinajstić information content (AvgIpc) is 3.50. The number of hydroxylamine groups is 2. The van der Waals surface area contributed by atoms with Gasteiger partial charge in [0.15, 0.2) is 11.6 Å². The highest BCUT2D eigenvalue weighted by Gasteiger charge is 2.43. The lowest BCUT2D eigenvalue weighted by molar-refractivity contribution is -0.155. The lowest BCUT2D eigenvalue weighted by atomic mass is 9.92. The van der Waals surface area contributed by atoms with Crippen molar-refractivity contribution in [1.29, 1.82) is 0 Å². The SMILES string of the molecule is CN1C[C@@H]2C[C@H]1CN2c1nc(Cl)nc(CNC(=O)[C@H](CC2CCCC2)CN(O)C=O)c1F. The summed E-state index contributed by atoms with van der Waals surface area (Å²) in [6.45, 7) is 1.28. The molecule has 3 fully saturated rings. The van der Waals surface area contributed by atoms with Crippen molar-refractivity contribution in [3.05, 3.63) is 16.8 Å². The number of likely N-dealkylation sites (N-methyl/N-ethyl adjacent to an activating group) is 1. The highest BCUT2D eigenvalue weighted by molar-refractivity contribution is 6.28. The van der Waals surface area contributed by atoms with Crippen LogP contribution in [-0.4, -0.2) is 76.2 Å². The lowest BCUT2D eigenvalue weighted by Crippen LogP contribution is -2.45. The number of piperazine rings is 1. The number of hydrogen-bond donors (Lipinski definition) is 2. The number of fused-ring (bicyclic) bond motifs is 2. The molecule has 1 saturated carbocycles. The second-order valence-electron chi connectivity index (χ2n) is 9.24. The number of anilines is 1. The van der Waals surface area contributed by atoms with Crippen LogP contribution in [0.25, 0.3) is 0 Å². The third kappa shape index (κ3) is 4.97. The van der Waals surface area contributed by atoms with Crippen molar-refractivity contribution in [2.45, 2.75) is 57.2 Å². The standard InChI is InChI=1S/C21H30ClFN6O3/c1-27-10-16-7-15(27)11-29(16)19-18(23)17(25-21(22)26-19)8-24-20(31)14(9-28(32)12-30)6-13-4-2-3-5-13/h12-16,32H,2-11H2,1H3,(H,24,31)/t14-,15+,16+/m1/s1. The smallest absolute Gasteiger partial charge is 0.233 e. The Kier molecular flexibility index (Phi) is 7.11. The van der Waals surface area contributed by atoms with E-state index < -0.39 is 11.7 Å². The summed E-state index contributed by atoms with van der Waals surface area (Å²) in [7, 11) is 2.06. The first-order valence-corrected chi connectivity index (χ1v) is 11.6. The molecule has 1 aromatic rings. The minimum atomic E-state index is -0.585. The van der Waals surface area contributed by atoms with Crippen molar-refractivity contribution >= 4 is 29.7 Å². The van der Waals surface area contributed by atoms with Crippen LogP contribution in [0, 0.1) is 17.7 Å². The monoisotopic (exact) mass is 468 g/mol. The summed E-state index contributed by atoms with van der Waals surface area (Å²) in [6, 6.07) is 0.550. The molecule has 0 aromatic carbocycles. The summed E-state index contributed by atoms with van der Waals surface area (Å²) < 4.78 is 15.3. The molecule has 0 unspecified atom stereocenters. The number of rotatable bonds is 9. The second kappa shape index (κ2) is 9.84. The number of carbonyl (C=O) groups excluding carboxylic acids is 2. The molecule has 2 amide bonds. The molecule has 0 radical (unpaired) electrons. The third-order valence-corrected chi connectivity index (χ3v) is 7.25. The van der Waals surface area contributed by atoms with Crippen molar-refractivity contribution in [2.24, 2.45) is 11.8 Å². The maximum Gasteiger partial charge on any atom is 0.233 e. The normalized spacial score (nSPS) is 24.2. The van der Waals surface area contributed by atoms with Crippen molar-refractivity contribution in [2.75, 3.05) is 31.6 Å². The summed E-state index contributed by atoms with van der Waals surface area (Å²) in [5, 5.41) is 12.8. The fourth-order valence-corrected chi connectivity index (χ4v) is 5.56. The Morgan fingerprint density at radius 2 is 2.09 bits per heavy atom. The van der Waals surface area contributed by atoms with Crippen LogP contribution in [0.15, 0.2) is 0 Å². The van der Waals surface area contributed by atoms with E-state index in [-0.39, 0.29) is 48.2 Å². The summed E-state index contributed by atoms with van der Waals surface area (Å²) in [4.78, 5) is 36.1. The minimum Gasteiger partial charge on any atom is -0.350 e. The molecule has 2 N–H and O–H groups in total. The molecule has 2 aliphatic heterocycles. The Labute approximate surface area is 191 Å². The van der Waals surface area contributed by atoms with E-state index in [0.717, 1.165) is 38.6 Å².